The number of hydrogen-bond donors (Lipinski definition) is 2. The van der Waals surface area contributed by atoms with Crippen molar-refractivity contribution in [1.29, 1.82) is 0 Å². The molecule has 1 unspecified atom stereocenters. The largest absolute Gasteiger partial charge is 0.394 e. The molecule has 23 heavy (non-hydrogen) atoms. The van der Waals surface area contributed by atoms with Crippen molar-refractivity contribution in [2.45, 2.75) is 30.3 Å². The van der Waals surface area contributed by atoms with E-state index in [0.29, 0.717) is 19.6 Å². The summed E-state index contributed by atoms with van der Waals surface area (Å²) in [6, 6.07) is 9.73. The Morgan fingerprint density at radius 3 is 2.48 bits per heavy atom. The van der Waals surface area contributed by atoms with Gasteiger partial charge in [0.15, 0.2) is 0 Å². The van der Waals surface area contributed by atoms with Gasteiger partial charge in [0.2, 0.25) is 5.91 Å². The molecule has 1 saturated carbocycles. The summed E-state index contributed by atoms with van der Waals surface area (Å²) < 4.78 is 0. The van der Waals surface area contributed by atoms with Crippen molar-refractivity contribution in [2.24, 2.45) is 0 Å². The van der Waals surface area contributed by atoms with Gasteiger partial charge in [0.05, 0.1) is 24.1 Å². The molecule has 1 aliphatic carbocycles. The van der Waals surface area contributed by atoms with Gasteiger partial charge in [0.1, 0.15) is 0 Å². The van der Waals surface area contributed by atoms with Crippen LogP contribution < -0.4 is 5.32 Å². The molecule has 0 aromatic heterocycles. The average molecular weight is 315 g/mol. The molecule has 2 aliphatic heterocycles. The SMILES string of the molecule is O=C1NC(CO)CN1C1CN(C(=O)C2(c3ccccc3)CC2)C1. The molecule has 2 saturated heterocycles. The molecule has 3 amide bonds. The maximum absolute atomic E-state index is 12.8. The first kappa shape index (κ1) is 14.5. The zero-order valence-electron chi connectivity index (χ0n) is 12.9. The standard InChI is InChI=1S/C17H21N3O3/c21-11-13-8-20(16(23)18-13)14-9-19(10-14)15(22)17(6-7-17)12-4-2-1-3-5-12/h1-5,13-14,21H,6-11H2,(H,18,23). The van der Waals surface area contributed by atoms with E-state index in [1.54, 1.807) is 4.90 Å². The van der Waals surface area contributed by atoms with Crippen molar-refractivity contribution < 1.29 is 14.7 Å². The molecule has 0 radical (unpaired) electrons. The fraction of sp³-hybridized carbons (Fsp3) is 0.529. The number of carbonyl (C=O) groups excluding carboxylic acids is 2. The van der Waals surface area contributed by atoms with Crippen LogP contribution in [0, 0.1) is 0 Å². The summed E-state index contributed by atoms with van der Waals surface area (Å²) in [4.78, 5) is 28.3. The Labute approximate surface area is 135 Å². The van der Waals surface area contributed by atoms with Crippen molar-refractivity contribution in [3.8, 4) is 0 Å². The molecule has 122 valence electrons. The zero-order valence-corrected chi connectivity index (χ0v) is 12.9. The van der Waals surface area contributed by atoms with Crippen molar-refractivity contribution in [3.63, 3.8) is 0 Å². The minimum atomic E-state index is -0.326. The van der Waals surface area contributed by atoms with E-state index < -0.39 is 0 Å². The lowest BCUT2D eigenvalue weighted by Crippen LogP contribution is -2.63. The summed E-state index contributed by atoms with van der Waals surface area (Å²) in [5.41, 5.74) is 0.778. The summed E-state index contributed by atoms with van der Waals surface area (Å²) in [6.07, 6.45) is 1.82. The summed E-state index contributed by atoms with van der Waals surface area (Å²) in [5, 5.41) is 11.9. The Morgan fingerprint density at radius 1 is 1.22 bits per heavy atom. The van der Waals surface area contributed by atoms with Crippen LogP contribution in [0.25, 0.3) is 0 Å². The Kier molecular flexibility index (Phi) is 3.30. The number of amides is 3. The minimum absolute atomic E-state index is 0.0469. The van der Waals surface area contributed by atoms with Crippen LogP contribution in [-0.2, 0) is 10.2 Å². The molecule has 2 N–H and O–H groups in total. The van der Waals surface area contributed by atoms with E-state index >= 15 is 0 Å². The predicted octanol–water partition coefficient (Wildman–Crippen LogP) is 0.315. The van der Waals surface area contributed by atoms with E-state index in [-0.39, 0.29) is 36.0 Å². The number of aliphatic hydroxyl groups is 1. The van der Waals surface area contributed by atoms with Crippen LogP contribution >= 0.6 is 0 Å². The Morgan fingerprint density at radius 2 is 1.91 bits per heavy atom. The van der Waals surface area contributed by atoms with Gasteiger partial charge in [-0.15, -0.1) is 0 Å². The van der Waals surface area contributed by atoms with Gasteiger partial charge < -0.3 is 20.2 Å². The molecule has 6 nitrogen and oxygen atoms in total. The lowest BCUT2D eigenvalue weighted by Gasteiger charge is -2.45. The van der Waals surface area contributed by atoms with Gasteiger partial charge in [-0.2, -0.15) is 0 Å². The van der Waals surface area contributed by atoms with E-state index in [0.717, 1.165) is 18.4 Å². The van der Waals surface area contributed by atoms with Crippen molar-refractivity contribution >= 4 is 11.9 Å². The highest BCUT2D eigenvalue weighted by molar-refractivity contribution is 5.92. The smallest absolute Gasteiger partial charge is 0.318 e. The van der Waals surface area contributed by atoms with Crippen LogP contribution in [0.1, 0.15) is 18.4 Å². The lowest BCUT2D eigenvalue weighted by molar-refractivity contribution is -0.140. The zero-order chi connectivity index (χ0) is 16.0. The fourth-order valence-electron chi connectivity index (χ4n) is 3.67. The van der Waals surface area contributed by atoms with Crippen molar-refractivity contribution in [2.75, 3.05) is 26.2 Å². The summed E-state index contributed by atoms with van der Waals surface area (Å²) in [7, 11) is 0. The number of likely N-dealkylation sites (tertiary alicyclic amines) is 1. The van der Waals surface area contributed by atoms with Gasteiger partial charge in [-0.25, -0.2) is 4.79 Å². The number of carbonyl (C=O) groups is 2. The monoisotopic (exact) mass is 315 g/mol. The van der Waals surface area contributed by atoms with Crippen LogP contribution in [0.15, 0.2) is 30.3 Å². The van der Waals surface area contributed by atoms with Gasteiger partial charge in [0, 0.05) is 19.6 Å². The molecule has 3 fully saturated rings. The maximum atomic E-state index is 12.8. The summed E-state index contributed by atoms with van der Waals surface area (Å²) in [5.74, 6) is 0.193. The molecule has 3 aliphatic rings. The van der Waals surface area contributed by atoms with E-state index in [9.17, 15) is 9.59 Å². The van der Waals surface area contributed by atoms with Gasteiger partial charge in [-0.1, -0.05) is 30.3 Å². The number of nitrogens with zero attached hydrogens (tertiary/aromatic N) is 2. The second-order valence-corrected chi connectivity index (χ2v) is 6.79. The molecular weight excluding hydrogens is 294 g/mol. The molecule has 0 bridgehead atoms. The third-order valence-corrected chi connectivity index (χ3v) is 5.30. The van der Waals surface area contributed by atoms with Gasteiger partial charge >= 0.3 is 6.03 Å². The topological polar surface area (TPSA) is 72.9 Å². The molecule has 1 aromatic carbocycles. The Hall–Kier alpha value is -2.08. The molecule has 1 aromatic rings. The number of rotatable bonds is 4. The van der Waals surface area contributed by atoms with Crippen LogP contribution in [-0.4, -0.2) is 65.2 Å². The highest BCUT2D eigenvalue weighted by Crippen LogP contribution is 2.50. The third-order valence-electron chi connectivity index (χ3n) is 5.30. The van der Waals surface area contributed by atoms with E-state index in [1.807, 2.05) is 35.2 Å². The first-order chi connectivity index (χ1) is 11.1. The summed E-state index contributed by atoms with van der Waals surface area (Å²) in [6.45, 7) is 1.67. The first-order valence-electron chi connectivity index (χ1n) is 8.17. The Balaban J connectivity index is 1.39. The van der Waals surface area contributed by atoms with E-state index in [2.05, 4.69) is 5.32 Å². The van der Waals surface area contributed by atoms with Crippen LogP contribution in [0.3, 0.4) is 0 Å². The predicted molar refractivity (Wildman–Crippen MR) is 83.8 cm³/mol. The minimum Gasteiger partial charge on any atom is -0.394 e. The Bertz CT molecular complexity index is 623. The molecule has 4 rings (SSSR count). The third kappa shape index (κ3) is 2.28. The second-order valence-electron chi connectivity index (χ2n) is 6.79. The average Bonchev–Trinajstić information content (AvgIpc) is 3.26. The molecule has 1 atom stereocenters. The second kappa shape index (κ2) is 5.23. The number of nitrogens with one attached hydrogen (secondary N) is 1. The molecule has 6 heteroatoms. The number of aliphatic hydroxyl groups excluding tert-OH is 1. The fourth-order valence-corrected chi connectivity index (χ4v) is 3.67. The van der Waals surface area contributed by atoms with Gasteiger partial charge in [0.25, 0.3) is 0 Å². The van der Waals surface area contributed by atoms with Gasteiger partial charge in [-0.05, 0) is 18.4 Å². The van der Waals surface area contributed by atoms with Crippen LogP contribution in [0.4, 0.5) is 4.79 Å². The normalized spacial score (nSPS) is 26.0. The lowest BCUT2D eigenvalue weighted by atomic mass is 9.92. The quantitative estimate of drug-likeness (QED) is 0.840. The van der Waals surface area contributed by atoms with Crippen molar-refractivity contribution in [1.82, 2.24) is 15.1 Å². The van der Waals surface area contributed by atoms with E-state index in [1.165, 1.54) is 0 Å². The maximum Gasteiger partial charge on any atom is 0.318 e. The number of benzene rings is 1. The number of urea groups is 1. The molecule has 2 heterocycles. The summed E-state index contributed by atoms with van der Waals surface area (Å²) >= 11 is 0. The van der Waals surface area contributed by atoms with Crippen LogP contribution in [0.5, 0.6) is 0 Å². The first-order valence-corrected chi connectivity index (χ1v) is 8.17. The van der Waals surface area contributed by atoms with E-state index in [4.69, 9.17) is 5.11 Å². The van der Waals surface area contributed by atoms with Crippen LogP contribution in [0.2, 0.25) is 0 Å². The van der Waals surface area contributed by atoms with Crippen molar-refractivity contribution in [3.05, 3.63) is 35.9 Å². The molecular formula is C17H21N3O3. The molecule has 0 spiro atoms. The van der Waals surface area contributed by atoms with Gasteiger partial charge in [-0.3, -0.25) is 4.79 Å². The number of hydrogen-bond acceptors (Lipinski definition) is 3. The highest BCUT2D eigenvalue weighted by Gasteiger charge is 2.55. The highest BCUT2D eigenvalue weighted by atomic mass is 16.3.